The first kappa shape index (κ1) is 12.8. The van der Waals surface area contributed by atoms with Crippen molar-refractivity contribution in [2.75, 3.05) is 11.5 Å². The Morgan fingerprint density at radius 3 is 3.06 bits per heavy atom. The van der Waals surface area contributed by atoms with Crippen molar-refractivity contribution in [2.24, 2.45) is 0 Å². The first-order valence-electron chi connectivity index (χ1n) is 5.11. The minimum Gasteiger partial charge on any atom is -0.383 e. The van der Waals surface area contributed by atoms with Gasteiger partial charge in [-0.15, -0.1) is 0 Å². The SMILES string of the molecule is CC(=O)SCCC=Cc1cc(C)cnc1N. The van der Waals surface area contributed by atoms with E-state index in [4.69, 9.17) is 5.73 Å². The molecular weight excluding hydrogens is 220 g/mol. The van der Waals surface area contributed by atoms with Crippen molar-refractivity contribution in [3.05, 3.63) is 29.5 Å². The molecule has 0 atom stereocenters. The van der Waals surface area contributed by atoms with Crippen molar-refractivity contribution >= 4 is 28.8 Å². The highest BCUT2D eigenvalue weighted by molar-refractivity contribution is 8.13. The molecule has 0 amide bonds. The Labute approximate surface area is 100 Å². The van der Waals surface area contributed by atoms with Gasteiger partial charge in [-0.1, -0.05) is 23.9 Å². The van der Waals surface area contributed by atoms with Gasteiger partial charge in [0, 0.05) is 24.4 Å². The minimum atomic E-state index is 0.158. The summed E-state index contributed by atoms with van der Waals surface area (Å²) >= 11 is 1.34. The van der Waals surface area contributed by atoms with Gasteiger partial charge in [-0.05, 0) is 25.0 Å². The van der Waals surface area contributed by atoms with Crippen LogP contribution >= 0.6 is 11.8 Å². The second-order valence-electron chi connectivity index (χ2n) is 3.52. The fourth-order valence-corrected chi connectivity index (χ4v) is 1.76. The molecule has 2 N–H and O–H groups in total. The third-order valence-electron chi connectivity index (χ3n) is 1.97. The molecule has 0 saturated heterocycles. The van der Waals surface area contributed by atoms with Crippen molar-refractivity contribution in [3.63, 3.8) is 0 Å². The lowest BCUT2D eigenvalue weighted by atomic mass is 10.2. The largest absolute Gasteiger partial charge is 0.383 e. The number of nitrogens with two attached hydrogens (primary N) is 1. The van der Waals surface area contributed by atoms with Crippen LogP contribution in [0.3, 0.4) is 0 Å². The molecule has 0 aromatic carbocycles. The van der Waals surface area contributed by atoms with E-state index in [-0.39, 0.29) is 5.12 Å². The molecule has 86 valence electrons. The van der Waals surface area contributed by atoms with E-state index in [9.17, 15) is 4.79 Å². The predicted molar refractivity (Wildman–Crippen MR) is 70.2 cm³/mol. The van der Waals surface area contributed by atoms with Crippen LogP contribution in [-0.4, -0.2) is 15.9 Å². The predicted octanol–water partition coefficient (Wildman–Crippen LogP) is 2.66. The zero-order valence-electron chi connectivity index (χ0n) is 9.56. The molecule has 0 saturated carbocycles. The number of aryl methyl sites for hydroxylation is 1. The van der Waals surface area contributed by atoms with Crippen LogP contribution in [0.4, 0.5) is 5.82 Å². The quantitative estimate of drug-likeness (QED) is 0.816. The first-order valence-corrected chi connectivity index (χ1v) is 6.10. The van der Waals surface area contributed by atoms with Gasteiger partial charge < -0.3 is 5.73 Å². The molecule has 16 heavy (non-hydrogen) atoms. The molecule has 0 aliphatic rings. The number of hydrogen-bond donors (Lipinski definition) is 1. The summed E-state index contributed by atoms with van der Waals surface area (Å²) in [5, 5.41) is 0.158. The first-order chi connectivity index (χ1) is 7.59. The van der Waals surface area contributed by atoms with Crippen molar-refractivity contribution in [1.82, 2.24) is 4.98 Å². The van der Waals surface area contributed by atoms with Crippen molar-refractivity contribution in [1.29, 1.82) is 0 Å². The lowest BCUT2D eigenvalue weighted by Gasteiger charge is -2.00. The van der Waals surface area contributed by atoms with Crippen LogP contribution in [0.5, 0.6) is 0 Å². The van der Waals surface area contributed by atoms with Gasteiger partial charge in [0.05, 0.1) is 0 Å². The molecule has 0 aliphatic carbocycles. The van der Waals surface area contributed by atoms with E-state index in [1.807, 2.05) is 25.1 Å². The monoisotopic (exact) mass is 236 g/mol. The highest BCUT2D eigenvalue weighted by Gasteiger charge is 1.96. The number of carbonyl (C=O) groups excluding carboxylic acids is 1. The van der Waals surface area contributed by atoms with Crippen LogP contribution in [-0.2, 0) is 4.79 Å². The summed E-state index contributed by atoms with van der Waals surface area (Å²) in [6.07, 6.45) is 6.58. The van der Waals surface area contributed by atoms with Gasteiger partial charge in [0.1, 0.15) is 5.82 Å². The average Bonchev–Trinajstić information content (AvgIpc) is 2.22. The molecule has 4 heteroatoms. The van der Waals surface area contributed by atoms with Crippen LogP contribution in [0.25, 0.3) is 6.08 Å². The van der Waals surface area contributed by atoms with Gasteiger partial charge in [0.15, 0.2) is 5.12 Å². The summed E-state index contributed by atoms with van der Waals surface area (Å²) < 4.78 is 0. The van der Waals surface area contributed by atoms with Crippen LogP contribution in [0.1, 0.15) is 24.5 Å². The summed E-state index contributed by atoms with van der Waals surface area (Å²) in [6, 6.07) is 2.00. The Hall–Kier alpha value is -1.29. The maximum Gasteiger partial charge on any atom is 0.185 e. The zero-order valence-corrected chi connectivity index (χ0v) is 10.4. The standard InChI is InChI=1S/C12H16N2OS/c1-9-7-11(12(13)14-8-9)5-3-4-6-16-10(2)15/h3,5,7-8H,4,6H2,1-2H3,(H2,13,14). The van der Waals surface area contributed by atoms with E-state index < -0.39 is 0 Å². The number of pyridine rings is 1. The van der Waals surface area contributed by atoms with Crippen molar-refractivity contribution in [3.8, 4) is 0 Å². The Bertz CT molecular complexity index is 402. The van der Waals surface area contributed by atoms with Gasteiger partial charge in [-0.2, -0.15) is 0 Å². The number of carbonyl (C=O) groups is 1. The van der Waals surface area contributed by atoms with E-state index in [1.54, 1.807) is 13.1 Å². The molecule has 3 nitrogen and oxygen atoms in total. The van der Waals surface area contributed by atoms with Crippen LogP contribution in [0.15, 0.2) is 18.3 Å². The number of anilines is 1. The lowest BCUT2D eigenvalue weighted by molar-refractivity contribution is -0.109. The molecule has 0 fully saturated rings. The molecule has 0 unspecified atom stereocenters. The number of hydrogen-bond acceptors (Lipinski definition) is 4. The Balaban J connectivity index is 2.49. The number of aromatic nitrogens is 1. The Kier molecular flexibility index (Phi) is 5.05. The molecule has 0 aliphatic heterocycles. The number of rotatable bonds is 4. The summed E-state index contributed by atoms with van der Waals surface area (Å²) in [7, 11) is 0. The molecule has 0 spiro atoms. The smallest absolute Gasteiger partial charge is 0.185 e. The Morgan fingerprint density at radius 1 is 1.62 bits per heavy atom. The minimum absolute atomic E-state index is 0.158. The maximum atomic E-state index is 10.7. The van der Waals surface area contributed by atoms with Gasteiger partial charge in [0.25, 0.3) is 0 Å². The zero-order chi connectivity index (χ0) is 12.0. The van der Waals surface area contributed by atoms with Gasteiger partial charge >= 0.3 is 0 Å². The fraction of sp³-hybridized carbons (Fsp3) is 0.333. The molecule has 1 aromatic rings. The van der Waals surface area contributed by atoms with Gasteiger partial charge in [-0.25, -0.2) is 4.98 Å². The number of nitrogen functional groups attached to an aromatic ring is 1. The van der Waals surface area contributed by atoms with Crippen LogP contribution in [0.2, 0.25) is 0 Å². The highest BCUT2D eigenvalue weighted by atomic mass is 32.2. The molecule has 1 rings (SSSR count). The lowest BCUT2D eigenvalue weighted by Crippen LogP contribution is -1.94. The Morgan fingerprint density at radius 2 is 2.38 bits per heavy atom. The third kappa shape index (κ3) is 4.49. The summed E-state index contributed by atoms with van der Waals surface area (Å²) in [5.74, 6) is 1.35. The summed E-state index contributed by atoms with van der Waals surface area (Å²) in [6.45, 7) is 3.56. The maximum absolute atomic E-state index is 10.7. The second-order valence-corrected chi connectivity index (χ2v) is 4.79. The number of nitrogens with zero attached hydrogens (tertiary/aromatic N) is 1. The number of thioether (sulfide) groups is 1. The van der Waals surface area contributed by atoms with Gasteiger partial charge in [0.2, 0.25) is 0 Å². The third-order valence-corrected chi connectivity index (χ3v) is 2.82. The number of allylic oxidation sites excluding steroid dienone is 1. The fourth-order valence-electron chi connectivity index (χ4n) is 1.22. The van der Waals surface area contributed by atoms with Crippen molar-refractivity contribution in [2.45, 2.75) is 20.3 Å². The highest BCUT2D eigenvalue weighted by Crippen LogP contribution is 2.13. The van der Waals surface area contributed by atoms with E-state index in [1.165, 1.54) is 11.8 Å². The second kappa shape index (κ2) is 6.33. The van der Waals surface area contributed by atoms with Crippen molar-refractivity contribution < 1.29 is 4.79 Å². The summed E-state index contributed by atoms with van der Waals surface area (Å²) in [4.78, 5) is 14.8. The molecular formula is C12H16N2OS. The van der Waals surface area contributed by atoms with Gasteiger partial charge in [-0.3, -0.25) is 4.79 Å². The molecule has 0 radical (unpaired) electrons. The topological polar surface area (TPSA) is 56.0 Å². The molecule has 0 bridgehead atoms. The summed E-state index contributed by atoms with van der Waals surface area (Å²) in [5.41, 5.74) is 7.76. The average molecular weight is 236 g/mol. The molecule has 1 aromatic heterocycles. The van der Waals surface area contributed by atoms with E-state index in [2.05, 4.69) is 4.98 Å². The van der Waals surface area contributed by atoms with E-state index in [0.717, 1.165) is 23.3 Å². The normalized spacial score (nSPS) is 10.9. The molecule has 1 heterocycles. The van der Waals surface area contributed by atoms with Crippen LogP contribution in [0, 0.1) is 6.92 Å². The van der Waals surface area contributed by atoms with Crippen LogP contribution < -0.4 is 5.73 Å². The van der Waals surface area contributed by atoms with E-state index in [0.29, 0.717) is 5.82 Å². The van der Waals surface area contributed by atoms with E-state index >= 15 is 0 Å².